The molecule has 2 atom stereocenters. The van der Waals surface area contributed by atoms with Crippen LogP contribution in [-0.2, 0) is 0 Å². The predicted molar refractivity (Wildman–Crippen MR) is 69.7 cm³/mol. The zero-order valence-corrected chi connectivity index (χ0v) is 10.6. The van der Waals surface area contributed by atoms with Gasteiger partial charge < -0.3 is 10.6 Å². The lowest BCUT2D eigenvalue weighted by Crippen LogP contribution is -2.46. The molecule has 0 spiro atoms. The largest absolute Gasteiger partial charge is 0.366 e. The molecule has 1 fully saturated rings. The number of nitriles is 1. The lowest BCUT2D eigenvalue weighted by Gasteiger charge is -2.40. The van der Waals surface area contributed by atoms with Crippen LogP contribution in [0.1, 0.15) is 25.3 Å². The lowest BCUT2D eigenvalue weighted by molar-refractivity contribution is 0.366. The van der Waals surface area contributed by atoms with Crippen molar-refractivity contribution in [3.05, 3.63) is 29.6 Å². The van der Waals surface area contributed by atoms with Gasteiger partial charge in [0.25, 0.3) is 0 Å². The number of hydrogen-bond donors (Lipinski definition) is 1. The molecule has 1 aliphatic heterocycles. The van der Waals surface area contributed by atoms with Crippen LogP contribution in [0.25, 0.3) is 0 Å². The molecule has 96 valence electrons. The molecule has 2 N–H and O–H groups in total. The summed E-state index contributed by atoms with van der Waals surface area (Å²) in [4.78, 5) is 2.08. The minimum Gasteiger partial charge on any atom is -0.366 e. The fourth-order valence-electron chi connectivity index (χ4n) is 2.65. The predicted octanol–water partition coefficient (Wildman–Crippen LogP) is 2.26. The first-order valence-electron chi connectivity index (χ1n) is 6.32. The van der Waals surface area contributed by atoms with Crippen LogP contribution >= 0.6 is 0 Å². The van der Waals surface area contributed by atoms with Crippen LogP contribution in [0.4, 0.5) is 10.1 Å². The van der Waals surface area contributed by atoms with E-state index in [0.717, 1.165) is 19.4 Å². The van der Waals surface area contributed by atoms with Crippen LogP contribution in [-0.4, -0.2) is 19.1 Å². The molecule has 1 aliphatic rings. The Labute approximate surface area is 107 Å². The van der Waals surface area contributed by atoms with Crippen LogP contribution < -0.4 is 10.6 Å². The maximum Gasteiger partial charge on any atom is 0.143 e. The van der Waals surface area contributed by atoms with Crippen molar-refractivity contribution in [1.29, 1.82) is 5.26 Å². The van der Waals surface area contributed by atoms with E-state index >= 15 is 0 Å². The van der Waals surface area contributed by atoms with E-state index in [1.54, 1.807) is 12.1 Å². The second-order valence-corrected chi connectivity index (χ2v) is 4.96. The van der Waals surface area contributed by atoms with Gasteiger partial charge in [-0.1, -0.05) is 13.0 Å². The SMILES string of the molecule is CC1CCN(c2cccc(F)c2C#N)C(CN)C1. The Bertz CT molecular complexity index is 467. The van der Waals surface area contributed by atoms with Crippen molar-refractivity contribution in [3.63, 3.8) is 0 Å². The van der Waals surface area contributed by atoms with Gasteiger partial charge in [0.2, 0.25) is 0 Å². The van der Waals surface area contributed by atoms with E-state index in [9.17, 15) is 4.39 Å². The molecule has 2 rings (SSSR count). The molecule has 0 saturated carbocycles. The third kappa shape index (κ3) is 2.32. The number of nitrogens with zero attached hydrogens (tertiary/aromatic N) is 2. The highest BCUT2D eigenvalue weighted by atomic mass is 19.1. The molecular weight excluding hydrogens is 229 g/mol. The van der Waals surface area contributed by atoms with Gasteiger partial charge in [-0.2, -0.15) is 5.26 Å². The number of benzene rings is 1. The van der Waals surface area contributed by atoms with E-state index in [2.05, 4.69) is 11.8 Å². The number of hydrogen-bond acceptors (Lipinski definition) is 3. The highest BCUT2D eigenvalue weighted by Gasteiger charge is 2.27. The normalized spacial score (nSPS) is 23.8. The Kier molecular flexibility index (Phi) is 3.83. The molecule has 3 nitrogen and oxygen atoms in total. The van der Waals surface area contributed by atoms with Crippen LogP contribution in [0.2, 0.25) is 0 Å². The third-order valence-corrected chi connectivity index (χ3v) is 3.66. The van der Waals surface area contributed by atoms with Crippen LogP contribution in [0.15, 0.2) is 18.2 Å². The Morgan fingerprint density at radius 2 is 2.33 bits per heavy atom. The highest BCUT2D eigenvalue weighted by molar-refractivity contribution is 5.60. The van der Waals surface area contributed by atoms with Crippen molar-refractivity contribution >= 4 is 5.69 Å². The van der Waals surface area contributed by atoms with Crippen molar-refractivity contribution in [2.24, 2.45) is 11.7 Å². The van der Waals surface area contributed by atoms with Crippen molar-refractivity contribution < 1.29 is 4.39 Å². The van der Waals surface area contributed by atoms with Crippen LogP contribution in [0, 0.1) is 23.1 Å². The summed E-state index contributed by atoms with van der Waals surface area (Å²) in [6.45, 7) is 3.57. The summed E-state index contributed by atoms with van der Waals surface area (Å²) in [6.07, 6.45) is 2.05. The van der Waals surface area contributed by atoms with Gasteiger partial charge in [-0.05, 0) is 30.9 Å². The zero-order chi connectivity index (χ0) is 13.1. The molecule has 0 bridgehead atoms. The van der Waals surface area contributed by atoms with E-state index in [-0.39, 0.29) is 11.6 Å². The Morgan fingerprint density at radius 3 is 3.00 bits per heavy atom. The Hall–Kier alpha value is -1.60. The minimum atomic E-state index is -0.454. The first-order chi connectivity index (χ1) is 8.67. The third-order valence-electron chi connectivity index (χ3n) is 3.66. The Morgan fingerprint density at radius 1 is 1.56 bits per heavy atom. The number of anilines is 1. The van der Waals surface area contributed by atoms with Gasteiger partial charge in [-0.3, -0.25) is 0 Å². The van der Waals surface area contributed by atoms with Crippen molar-refractivity contribution in [1.82, 2.24) is 0 Å². The fourth-order valence-corrected chi connectivity index (χ4v) is 2.65. The van der Waals surface area contributed by atoms with E-state index < -0.39 is 5.82 Å². The summed E-state index contributed by atoms with van der Waals surface area (Å²) in [6, 6.07) is 6.94. The topological polar surface area (TPSA) is 53.0 Å². The molecule has 0 radical (unpaired) electrons. The molecule has 0 aromatic heterocycles. The van der Waals surface area contributed by atoms with Gasteiger partial charge in [0.1, 0.15) is 17.4 Å². The molecule has 1 aromatic carbocycles. The summed E-state index contributed by atoms with van der Waals surface area (Å²) in [5.74, 6) is 0.179. The minimum absolute atomic E-state index is 0.130. The summed E-state index contributed by atoms with van der Waals surface area (Å²) in [7, 11) is 0. The summed E-state index contributed by atoms with van der Waals surface area (Å²) in [5.41, 5.74) is 6.61. The number of piperidine rings is 1. The molecular formula is C14H18FN3. The molecule has 18 heavy (non-hydrogen) atoms. The van der Waals surface area contributed by atoms with Crippen LogP contribution in [0.3, 0.4) is 0 Å². The maximum absolute atomic E-state index is 13.6. The van der Waals surface area contributed by atoms with Crippen molar-refractivity contribution in [3.8, 4) is 6.07 Å². The average Bonchev–Trinajstić information content (AvgIpc) is 2.38. The average molecular weight is 247 g/mol. The maximum atomic E-state index is 13.6. The van der Waals surface area contributed by atoms with Gasteiger partial charge in [0, 0.05) is 19.1 Å². The van der Waals surface area contributed by atoms with Crippen molar-refractivity contribution in [2.75, 3.05) is 18.0 Å². The second kappa shape index (κ2) is 5.36. The Balaban J connectivity index is 2.36. The van der Waals surface area contributed by atoms with E-state index in [0.29, 0.717) is 18.2 Å². The van der Waals surface area contributed by atoms with Gasteiger partial charge in [-0.15, -0.1) is 0 Å². The highest BCUT2D eigenvalue weighted by Crippen LogP contribution is 2.30. The van der Waals surface area contributed by atoms with E-state index in [1.165, 1.54) is 6.07 Å². The zero-order valence-electron chi connectivity index (χ0n) is 10.6. The van der Waals surface area contributed by atoms with Crippen LogP contribution in [0.5, 0.6) is 0 Å². The first kappa shape index (κ1) is 12.8. The quantitative estimate of drug-likeness (QED) is 0.872. The molecule has 4 heteroatoms. The molecule has 1 heterocycles. The summed E-state index contributed by atoms with van der Waals surface area (Å²) >= 11 is 0. The molecule has 2 unspecified atom stereocenters. The van der Waals surface area contributed by atoms with E-state index in [1.807, 2.05) is 6.07 Å². The van der Waals surface area contributed by atoms with Gasteiger partial charge in [0.05, 0.1) is 5.69 Å². The first-order valence-corrected chi connectivity index (χ1v) is 6.32. The van der Waals surface area contributed by atoms with E-state index in [4.69, 9.17) is 11.0 Å². The van der Waals surface area contributed by atoms with Gasteiger partial charge in [-0.25, -0.2) is 4.39 Å². The lowest BCUT2D eigenvalue weighted by atomic mass is 9.91. The number of nitrogens with two attached hydrogens (primary N) is 1. The number of halogens is 1. The molecule has 1 aromatic rings. The number of rotatable bonds is 2. The fraction of sp³-hybridized carbons (Fsp3) is 0.500. The van der Waals surface area contributed by atoms with Gasteiger partial charge >= 0.3 is 0 Å². The summed E-state index contributed by atoms with van der Waals surface area (Å²) < 4.78 is 13.6. The molecule has 0 aliphatic carbocycles. The smallest absolute Gasteiger partial charge is 0.143 e. The molecule has 0 amide bonds. The standard InChI is InChI=1S/C14H18FN3/c1-10-5-6-18(11(7-10)8-16)14-4-2-3-13(15)12(14)9-17/h2-4,10-11H,5-8,16H2,1H3. The van der Waals surface area contributed by atoms with Crippen molar-refractivity contribution in [2.45, 2.75) is 25.8 Å². The monoisotopic (exact) mass is 247 g/mol. The second-order valence-electron chi connectivity index (χ2n) is 4.96. The summed E-state index contributed by atoms with van der Waals surface area (Å²) in [5, 5.41) is 9.09. The van der Waals surface area contributed by atoms with Gasteiger partial charge in [0.15, 0.2) is 0 Å². The molecule has 1 saturated heterocycles.